The molecule has 184 valence electrons. The molecule has 6 nitrogen and oxygen atoms in total. The van der Waals surface area contributed by atoms with E-state index in [1.54, 1.807) is 26.2 Å². The number of aromatic nitrogens is 4. The van der Waals surface area contributed by atoms with Gasteiger partial charge in [-0.25, -0.2) is 14.4 Å². The van der Waals surface area contributed by atoms with Crippen LogP contribution in [0.15, 0.2) is 36.2 Å². The number of allylic oxidation sites excluding steroid dienone is 4. The summed E-state index contributed by atoms with van der Waals surface area (Å²) in [7, 11) is 1.30. The second-order valence-corrected chi connectivity index (χ2v) is 9.57. The zero-order chi connectivity index (χ0) is 23.8. The quantitative estimate of drug-likeness (QED) is 0.623. The predicted molar refractivity (Wildman–Crippen MR) is 116 cm³/mol. The fraction of sp³-hybridized carbons (Fsp3) is 0.478. The van der Waals surface area contributed by atoms with Gasteiger partial charge in [0.2, 0.25) is 0 Å². The molecule has 0 saturated heterocycles. The fourth-order valence-electron chi connectivity index (χ4n) is 4.50. The summed E-state index contributed by atoms with van der Waals surface area (Å²) in [6.07, 6.45) is 4.69. The van der Waals surface area contributed by atoms with Crippen molar-refractivity contribution in [2.75, 3.05) is 0 Å². The van der Waals surface area contributed by atoms with Crippen molar-refractivity contribution in [1.82, 2.24) is 25.1 Å². The first kappa shape index (κ1) is 24.0. The van der Waals surface area contributed by atoms with Crippen LogP contribution in [0.1, 0.15) is 62.1 Å². The van der Waals surface area contributed by atoms with E-state index in [2.05, 4.69) is 26.5 Å². The van der Waals surface area contributed by atoms with Gasteiger partial charge in [0.05, 0.1) is 5.54 Å². The van der Waals surface area contributed by atoms with Crippen molar-refractivity contribution >= 4 is 11.5 Å². The Hall–Kier alpha value is -3.11. The predicted octanol–water partition coefficient (Wildman–Crippen LogP) is 4.75. The van der Waals surface area contributed by atoms with Gasteiger partial charge in [-0.2, -0.15) is 18.3 Å². The van der Waals surface area contributed by atoms with Gasteiger partial charge in [-0.15, -0.1) is 0 Å². The number of carbonyl (C=O) groups excluding carboxylic acids is 1. The molecule has 0 spiro atoms. The molecule has 2 fully saturated rings. The molecular formula is C23H26F5N5O. The highest BCUT2D eigenvalue weighted by Gasteiger charge is 2.48. The van der Waals surface area contributed by atoms with Crippen molar-refractivity contribution in [3.8, 4) is 0 Å². The van der Waals surface area contributed by atoms with Crippen LogP contribution in [0.3, 0.4) is 0 Å². The molecule has 2 saturated carbocycles. The molecule has 3 aliphatic carbocycles. The lowest BCUT2D eigenvalue weighted by Gasteiger charge is -2.22. The first-order chi connectivity index (χ1) is 15.4. The van der Waals surface area contributed by atoms with Gasteiger partial charge in [0.1, 0.15) is 11.4 Å². The van der Waals surface area contributed by atoms with Crippen molar-refractivity contribution in [3.63, 3.8) is 0 Å². The van der Waals surface area contributed by atoms with Crippen molar-refractivity contribution in [1.29, 1.82) is 0 Å². The Morgan fingerprint density at radius 2 is 1.85 bits per heavy atom. The maximum Gasteiger partial charge on any atom is 0.435 e. The van der Waals surface area contributed by atoms with Crippen LogP contribution in [-0.2, 0) is 18.8 Å². The number of nitrogens with one attached hydrogen (secondary N) is 1. The second-order valence-electron chi connectivity index (χ2n) is 9.57. The second kappa shape index (κ2) is 7.71. The van der Waals surface area contributed by atoms with E-state index >= 15 is 0 Å². The molecule has 5 rings (SSSR count). The number of rotatable bonds is 5. The minimum atomic E-state index is -4.63. The standard InChI is InChI=1S/C23H23F4N5O.FH.H2/c1-21(2,24)16-8-13(6-12-7-15(12)16)19-28-10-14(11-29-19)22(4-5-22)30-20(33)17-9-18(23(25,26)27)31-32(17)3;;/h6,8-12,15H,4-5,7H2,1-3H3,(H,30,33);2*1H. The smallest absolute Gasteiger partial charge is 0.341 e. The van der Waals surface area contributed by atoms with E-state index in [-0.39, 0.29) is 17.7 Å². The normalized spacial score (nSPS) is 22.7. The minimum absolute atomic E-state index is 0. The summed E-state index contributed by atoms with van der Waals surface area (Å²) in [6, 6.07) is 0.738. The van der Waals surface area contributed by atoms with E-state index in [1.165, 1.54) is 7.05 Å². The maximum absolute atomic E-state index is 14.6. The Balaban J connectivity index is 0.00000171. The Morgan fingerprint density at radius 3 is 2.38 bits per heavy atom. The van der Waals surface area contributed by atoms with E-state index in [9.17, 15) is 22.4 Å². The Labute approximate surface area is 194 Å². The van der Waals surface area contributed by atoms with E-state index in [1.807, 2.05) is 6.08 Å². The molecule has 0 radical (unpaired) electrons. The Bertz CT molecular complexity index is 1190. The van der Waals surface area contributed by atoms with Gasteiger partial charge in [0, 0.05) is 38.1 Å². The summed E-state index contributed by atoms with van der Waals surface area (Å²) >= 11 is 0. The number of aryl methyl sites for hydroxylation is 1. The third kappa shape index (κ3) is 4.23. The molecule has 1 amide bonds. The molecule has 1 N–H and O–H groups in total. The summed E-state index contributed by atoms with van der Waals surface area (Å²) < 4.78 is 54.2. The van der Waals surface area contributed by atoms with Gasteiger partial charge in [0.15, 0.2) is 11.5 Å². The molecule has 34 heavy (non-hydrogen) atoms. The summed E-state index contributed by atoms with van der Waals surface area (Å²) in [5.41, 5.74) is -1.20. The van der Waals surface area contributed by atoms with Gasteiger partial charge in [-0.1, -0.05) is 6.08 Å². The van der Waals surface area contributed by atoms with Gasteiger partial charge < -0.3 is 5.32 Å². The Kier molecular flexibility index (Phi) is 5.45. The number of halogens is 5. The van der Waals surface area contributed by atoms with Gasteiger partial charge in [0.25, 0.3) is 5.91 Å². The largest absolute Gasteiger partial charge is 0.435 e. The van der Waals surface area contributed by atoms with Crippen molar-refractivity contribution < 1.29 is 28.5 Å². The van der Waals surface area contributed by atoms with Crippen molar-refractivity contribution in [3.05, 3.63) is 59.0 Å². The molecule has 0 aliphatic heterocycles. The molecule has 2 atom stereocenters. The number of alkyl halides is 4. The van der Waals surface area contributed by atoms with Crippen LogP contribution in [0.2, 0.25) is 0 Å². The monoisotopic (exact) mass is 483 g/mol. The molecule has 3 aliphatic rings. The van der Waals surface area contributed by atoms with E-state index in [0.29, 0.717) is 30.1 Å². The molecule has 2 aromatic rings. The average molecular weight is 483 g/mol. The summed E-state index contributed by atoms with van der Waals surface area (Å²) in [5, 5.41) is 6.21. The lowest BCUT2D eigenvalue weighted by Crippen LogP contribution is -2.36. The van der Waals surface area contributed by atoms with Gasteiger partial charge in [-0.3, -0.25) is 14.2 Å². The van der Waals surface area contributed by atoms with Crippen LogP contribution in [0.25, 0.3) is 5.57 Å². The van der Waals surface area contributed by atoms with E-state index in [0.717, 1.165) is 28.3 Å². The molecule has 0 bridgehead atoms. The number of carbonyl (C=O) groups is 1. The number of amides is 1. The lowest BCUT2D eigenvalue weighted by atomic mass is 9.89. The van der Waals surface area contributed by atoms with Crippen LogP contribution in [0, 0.1) is 11.8 Å². The van der Waals surface area contributed by atoms with E-state index < -0.39 is 29.0 Å². The first-order valence-corrected chi connectivity index (χ1v) is 10.8. The SMILES string of the molecule is Cn1nc(C(F)(F)F)cc1C(=O)NC1(c2cnc(C3=CC4CC4C(C(C)(C)F)=C3)nc2)CC1.F.[HH]. The molecule has 11 heteroatoms. The lowest BCUT2D eigenvalue weighted by molar-refractivity contribution is -0.141. The molecule has 0 aromatic carbocycles. The third-order valence-electron chi connectivity index (χ3n) is 6.60. The fourth-order valence-corrected chi connectivity index (χ4v) is 4.50. The van der Waals surface area contributed by atoms with Crippen molar-refractivity contribution in [2.24, 2.45) is 18.9 Å². The van der Waals surface area contributed by atoms with Crippen molar-refractivity contribution in [2.45, 2.75) is 50.5 Å². The zero-order valence-corrected chi connectivity index (χ0v) is 18.8. The van der Waals surface area contributed by atoms with Crippen LogP contribution in [0.5, 0.6) is 0 Å². The third-order valence-corrected chi connectivity index (χ3v) is 6.60. The summed E-state index contributed by atoms with van der Waals surface area (Å²) in [4.78, 5) is 21.6. The number of fused-ring (bicyclic) bond motifs is 1. The first-order valence-electron chi connectivity index (χ1n) is 10.8. The van der Waals surface area contributed by atoms with Crippen LogP contribution < -0.4 is 5.32 Å². The molecule has 2 aromatic heterocycles. The number of hydrogen-bond acceptors (Lipinski definition) is 4. The number of nitrogens with zero attached hydrogens (tertiary/aromatic N) is 4. The molecular weight excluding hydrogens is 457 g/mol. The van der Waals surface area contributed by atoms with Crippen LogP contribution >= 0.6 is 0 Å². The van der Waals surface area contributed by atoms with Crippen LogP contribution in [0.4, 0.5) is 22.3 Å². The maximum atomic E-state index is 14.6. The van der Waals surface area contributed by atoms with Gasteiger partial charge >= 0.3 is 6.18 Å². The average Bonchev–Trinajstić information content (AvgIpc) is 3.63. The highest BCUT2D eigenvalue weighted by Crippen LogP contribution is 2.53. The summed E-state index contributed by atoms with van der Waals surface area (Å²) in [5.74, 6) is 0.403. The zero-order valence-electron chi connectivity index (χ0n) is 18.8. The highest BCUT2D eigenvalue weighted by molar-refractivity contribution is 5.93. The highest BCUT2D eigenvalue weighted by atomic mass is 19.4. The van der Waals surface area contributed by atoms with Gasteiger partial charge in [-0.05, 0) is 56.6 Å². The minimum Gasteiger partial charge on any atom is -0.341 e. The van der Waals surface area contributed by atoms with E-state index in [4.69, 9.17) is 0 Å². The van der Waals surface area contributed by atoms with Crippen LogP contribution in [-0.4, -0.2) is 31.3 Å². The molecule has 2 heterocycles. The number of hydrogen-bond donors (Lipinski definition) is 1. The topological polar surface area (TPSA) is 72.7 Å². The summed E-state index contributed by atoms with van der Waals surface area (Å²) in [6.45, 7) is 3.11. The molecule has 2 unspecified atom stereocenters. The Morgan fingerprint density at radius 1 is 1.21 bits per heavy atom.